The van der Waals surface area contributed by atoms with Gasteiger partial charge in [0.15, 0.2) is 0 Å². The molecule has 0 amide bonds. The van der Waals surface area contributed by atoms with Gasteiger partial charge in [-0.1, -0.05) is 6.92 Å². The van der Waals surface area contributed by atoms with Crippen LogP contribution in [-0.4, -0.2) is 16.9 Å². The van der Waals surface area contributed by atoms with E-state index in [9.17, 15) is 13.2 Å². The Morgan fingerprint density at radius 3 is 2.69 bits per heavy atom. The van der Waals surface area contributed by atoms with E-state index in [1.807, 2.05) is 6.92 Å². The number of hydrogen-bond donors (Lipinski definition) is 1. The fraction of sp³-hybridized carbons (Fsp3) is 0.500. The first-order chi connectivity index (χ1) is 7.47. The van der Waals surface area contributed by atoms with Crippen LogP contribution in [0.4, 0.5) is 19.0 Å². The smallest absolute Gasteiger partial charge is 0.366 e. The third-order valence-corrected chi connectivity index (χ3v) is 2.49. The number of nitrogens with one attached hydrogen (secondary N) is 1. The van der Waals surface area contributed by atoms with Crippen molar-refractivity contribution in [3.8, 4) is 0 Å². The first-order valence-electron chi connectivity index (χ1n) is 4.83. The summed E-state index contributed by atoms with van der Waals surface area (Å²) in [6, 6.07) is 1.85. The zero-order valence-electron chi connectivity index (χ0n) is 8.68. The van der Waals surface area contributed by atoms with Gasteiger partial charge in [-0.25, -0.2) is 4.98 Å². The molecule has 0 aliphatic heterocycles. The lowest BCUT2D eigenvalue weighted by Crippen LogP contribution is -2.21. The van der Waals surface area contributed by atoms with Gasteiger partial charge in [0.1, 0.15) is 5.82 Å². The molecule has 90 valence electrons. The molecule has 2 nitrogen and oxygen atoms in total. The van der Waals surface area contributed by atoms with Crippen LogP contribution in [0.1, 0.15) is 18.9 Å². The molecule has 0 radical (unpaired) electrons. The topological polar surface area (TPSA) is 24.9 Å². The average molecular weight is 253 g/mol. The molecule has 0 fully saturated rings. The molecule has 16 heavy (non-hydrogen) atoms. The first-order valence-corrected chi connectivity index (χ1v) is 5.36. The monoisotopic (exact) mass is 252 g/mol. The van der Waals surface area contributed by atoms with E-state index in [2.05, 4.69) is 10.3 Å². The molecule has 1 rings (SSSR count). The van der Waals surface area contributed by atoms with Gasteiger partial charge in [0.2, 0.25) is 0 Å². The number of aromatic nitrogens is 1. The Labute approximate surface area is 96.8 Å². The molecule has 1 aromatic rings. The highest BCUT2D eigenvalue weighted by Crippen LogP contribution is 2.30. The van der Waals surface area contributed by atoms with Crippen molar-refractivity contribution in [1.82, 2.24) is 4.98 Å². The Kier molecular flexibility index (Phi) is 4.41. The second kappa shape index (κ2) is 5.39. The lowest BCUT2D eigenvalue weighted by atomic mass is 10.2. The van der Waals surface area contributed by atoms with Crippen LogP contribution in [0.5, 0.6) is 0 Å². The summed E-state index contributed by atoms with van der Waals surface area (Å²) in [7, 11) is 0. The van der Waals surface area contributed by atoms with Crippen LogP contribution < -0.4 is 5.32 Å². The summed E-state index contributed by atoms with van der Waals surface area (Å²) in [5, 5.41) is 2.85. The summed E-state index contributed by atoms with van der Waals surface area (Å²) >= 11 is 5.63. The molecule has 0 bridgehead atoms. The van der Waals surface area contributed by atoms with Gasteiger partial charge in [-0.05, 0) is 18.6 Å². The molecule has 1 aromatic heterocycles. The normalized spacial score (nSPS) is 13.6. The summed E-state index contributed by atoms with van der Waals surface area (Å²) in [5.41, 5.74) is -0.713. The quantitative estimate of drug-likeness (QED) is 0.830. The number of alkyl halides is 4. The second-order valence-corrected chi connectivity index (χ2v) is 3.64. The maximum Gasteiger partial charge on any atom is 0.416 e. The fourth-order valence-corrected chi connectivity index (χ4v) is 1.44. The van der Waals surface area contributed by atoms with Crippen molar-refractivity contribution >= 4 is 17.4 Å². The van der Waals surface area contributed by atoms with E-state index in [0.717, 1.165) is 24.8 Å². The van der Waals surface area contributed by atoms with E-state index >= 15 is 0 Å². The first kappa shape index (κ1) is 13.1. The molecule has 0 aliphatic rings. The third kappa shape index (κ3) is 3.56. The molecular formula is C10H12ClF3N2. The minimum atomic E-state index is -4.35. The van der Waals surface area contributed by atoms with Crippen molar-refractivity contribution in [3.05, 3.63) is 23.9 Å². The lowest BCUT2D eigenvalue weighted by Gasteiger charge is -2.15. The maximum absolute atomic E-state index is 12.4. The molecule has 1 unspecified atom stereocenters. The Hall–Kier alpha value is -0.970. The van der Waals surface area contributed by atoms with E-state index in [1.165, 1.54) is 0 Å². The van der Waals surface area contributed by atoms with Crippen LogP contribution in [-0.2, 0) is 6.18 Å². The molecule has 1 N–H and O–H groups in total. The summed E-state index contributed by atoms with van der Waals surface area (Å²) in [6.45, 7) is 1.90. The highest BCUT2D eigenvalue weighted by Gasteiger charge is 2.30. The van der Waals surface area contributed by atoms with Crippen LogP contribution in [0, 0.1) is 0 Å². The number of hydrogen-bond acceptors (Lipinski definition) is 2. The molecule has 6 heteroatoms. The molecule has 1 atom stereocenters. The summed E-state index contributed by atoms with van der Waals surface area (Å²) in [6.07, 6.45) is -2.49. The Balaban J connectivity index is 2.82. The van der Waals surface area contributed by atoms with Crippen LogP contribution in [0.3, 0.4) is 0 Å². The van der Waals surface area contributed by atoms with Crippen LogP contribution in [0.25, 0.3) is 0 Å². The van der Waals surface area contributed by atoms with Crippen LogP contribution in [0.15, 0.2) is 18.3 Å². The van der Waals surface area contributed by atoms with Gasteiger partial charge in [0, 0.05) is 18.1 Å². The molecule has 0 spiro atoms. The number of nitrogens with zero attached hydrogens (tertiary/aromatic N) is 1. The molecule has 0 saturated heterocycles. The zero-order valence-corrected chi connectivity index (χ0v) is 9.44. The molecular weight excluding hydrogens is 241 g/mol. The lowest BCUT2D eigenvalue weighted by molar-refractivity contribution is -0.137. The molecule has 1 heterocycles. The van der Waals surface area contributed by atoms with E-state index in [1.54, 1.807) is 0 Å². The van der Waals surface area contributed by atoms with E-state index in [4.69, 9.17) is 11.6 Å². The van der Waals surface area contributed by atoms with Crippen molar-refractivity contribution in [3.63, 3.8) is 0 Å². The fourth-order valence-electron chi connectivity index (χ4n) is 1.14. The van der Waals surface area contributed by atoms with Crippen molar-refractivity contribution in [2.45, 2.75) is 25.6 Å². The Morgan fingerprint density at radius 1 is 1.50 bits per heavy atom. The summed E-state index contributed by atoms with van der Waals surface area (Å²) in [5.74, 6) is 0.524. The highest BCUT2D eigenvalue weighted by molar-refractivity contribution is 6.18. The Bertz CT molecular complexity index is 337. The largest absolute Gasteiger partial charge is 0.416 e. The predicted molar refractivity (Wildman–Crippen MR) is 57.7 cm³/mol. The van der Waals surface area contributed by atoms with Crippen molar-refractivity contribution in [1.29, 1.82) is 0 Å². The Morgan fingerprint density at radius 2 is 2.19 bits per heavy atom. The average Bonchev–Trinajstić information content (AvgIpc) is 2.25. The molecule has 0 aliphatic carbocycles. The maximum atomic E-state index is 12.4. The van der Waals surface area contributed by atoms with Crippen molar-refractivity contribution < 1.29 is 13.2 Å². The standard InChI is InChI=1S/C10H12ClF3N2/c1-2-8(6-11)16-9-5-7(3-4-15-9)10(12,13)14/h3-5,8H,2,6H2,1H3,(H,15,16). The SMILES string of the molecule is CCC(CCl)Nc1cc(C(F)(F)F)ccn1. The van der Waals surface area contributed by atoms with Gasteiger partial charge < -0.3 is 5.32 Å². The third-order valence-electron chi connectivity index (χ3n) is 2.12. The van der Waals surface area contributed by atoms with E-state index in [-0.39, 0.29) is 11.9 Å². The van der Waals surface area contributed by atoms with Crippen LogP contribution >= 0.6 is 11.6 Å². The minimum absolute atomic E-state index is 0.0716. The van der Waals surface area contributed by atoms with Gasteiger partial charge in [0.25, 0.3) is 0 Å². The van der Waals surface area contributed by atoms with Gasteiger partial charge in [-0.2, -0.15) is 13.2 Å². The van der Waals surface area contributed by atoms with Crippen molar-refractivity contribution in [2.24, 2.45) is 0 Å². The predicted octanol–water partition coefficient (Wildman–Crippen LogP) is 3.53. The van der Waals surface area contributed by atoms with Gasteiger partial charge in [-0.3, -0.25) is 0 Å². The number of pyridine rings is 1. The van der Waals surface area contributed by atoms with Crippen LogP contribution in [0.2, 0.25) is 0 Å². The summed E-state index contributed by atoms with van der Waals surface area (Å²) in [4.78, 5) is 3.82. The van der Waals surface area contributed by atoms with Gasteiger partial charge >= 0.3 is 6.18 Å². The molecule has 0 aromatic carbocycles. The minimum Gasteiger partial charge on any atom is -0.366 e. The highest BCUT2D eigenvalue weighted by atomic mass is 35.5. The number of anilines is 1. The molecule has 0 saturated carbocycles. The summed E-state index contributed by atoms with van der Waals surface area (Å²) < 4.78 is 37.2. The van der Waals surface area contributed by atoms with E-state index in [0.29, 0.717) is 5.88 Å². The second-order valence-electron chi connectivity index (χ2n) is 3.33. The van der Waals surface area contributed by atoms with E-state index < -0.39 is 11.7 Å². The number of halogens is 4. The van der Waals surface area contributed by atoms with Crippen molar-refractivity contribution in [2.75, 3.05) is 11.2 Å². The van der Waals surface area contributed by atoms with Gasteiger partial charge in [-0.15, -0.1) is 11.6 Å². The number of rotatable bonds is 4. The van der Waals surface area contributed by atoms with Gasteiger partial charge in [0.05, 0.1) is 5.56 Å². The zero-order chi connectivity index (χ0) is 12.2.